The summed E-state index contributed by atoms with van der Waals surface area (Å²) >= 11 is -2.46. The molecule has 0 aliphatic heterocycles. The van der Waals surface area contributed by atoms with Crippen molar-refractivity contribution in [2.24, 2.45) is 0 Å². The van der Waals surface area contributed by atoms with E-state index < -0.39 is 16.3 Å². The van der Waals surface area contributed by atoms with Gasteiger partial charge in [-0.3, -0.25) is 14.7 Å². The standard InChI is InChI=1S/C6H5NO5S/c8-7(9)5-2-1-3-6(4-5)12-13(10)11/h1-4H,(H,10,11). The van der Waals surface area contributed by atoms with Gasteiger partial charge in [0.05, 0.1) is 11.0 Å². The van der Waals surface area contributed by atoms with E-state index in [9.17, 15) is 14.3 Å². The number of non-ortho nitro benzene ring substituents is 1. The zero-order valence-electron chi connectivity index (χ0n) is 6.25. The zero-order chi connectivity index (χ0) is 9.84. The fourth-order valence-electron chi connectivity index (χ4n) is 0.731. The maximum atomic E-state index is 10.3. The summed E-state index contributed by atoms with van der Waals surface area (Å²) in [5, 5.41) is 10.3. The van der Waals surface area contributed by atoms with E-state index in [1.807, 2.05) is 0 Å². The molecule has 1 aromatic carbocycles. The van der Waals surface area contributed by atoms with Gasteiger partial charge in [0, 0.05) is 6.07 Å². The predicted molar refractivity (Wildman–Crippen MR) is 44.5 cm³/mol. The summed E-state index contributed by atoms with van der Waals surface area (Å²) in [6.07, 6.45) is 0. The molecule has 0 saturated heterocycles. The van der Waals surface area contributed by atoms with Crippen molar-refractivity contribution < 1.29 is 17.9 Å². The summed E-state index contributed by atoms with van der Waals surface area (Å²) in [6, 6.07) is 5.03. The Labute approximate surface area is 75.8 Å². The van der Waals surface area contributed by atoms with Crippen LogP contribution >= 0.6 is 0 Å². The summed E-state index contributed by atoms with van der Waals surface area (Å²) in [6.45, 7) is 0. The van der Waals surface area contributed by atoms with Crippen molar-refractivity contribution >= 4 is 17.0 Å². The normalized spacial score (nSPS) is 12.1. The number of nitro benzene ring substituents is 1. The molecule has 13 heavy (non-hydrogen) atoms. The Morgan fingerprint density at radius 1 is 1.54 bits per heavy atom. The molecular weight excluding hydrogens is 198 g/mol. The molecule has 0 spiro atoms. The fourth-order valence-corrected chi connectivity index (χ4v) is 1.000. The Balaban J connectivity index is 2.91. The zero-order valence-corrected chi connectivity index (χ0v) is 7.06. The van der Waals surface area contributed by atoms with Gasteiger partial charge in [-0.25, -0.2) is 0 Å². The summed E-state index contributed by atoms with van der Waals surface area (Å²) in [4.78, 5) is 9.63. The third-order valence-corrected chi connectivity index (χ3v) is 1.53. The van der Waals surface area contributed by atoms with E-state index in [-0.39, 0.29) is 11.4 Å². The molecule has 0 heterocycles. The van der Waals surface area contributed by atoms with Crippen molar-refractivity contribution in [1.82, 2.24) is 0 Å². The smallest absolute Gasteiger partial charge is 0.357 e. The summed E-state index contributed by atoms with van der Waals surface area (Å²) < 4.78 is 22.8. The van der Waals surface area contributed by atoms with Crippen LogP contribution in [0.25, 0.3) is 0 Å². The third kappa shape index (κ3) is 2.80. The van der Waals surface area contributed by atoms with E-state index in [0.717, 1.165) is 6.07 Å². The molecule has 70 valence electrons. The van der Waals surface area contributed by atoms with Crippen LogP contribution in [0.4, 0.5) is 5.69 Å². The van der Waals surface area contributed by atoms with Gasteiger partial charge in [-0.1, -0.05) is 6.07 Å². The number of nitrogens with zero attached hydrogens (tertiary/aromatic N) is 1. The van der Waals surface area contributed by atoms with E-state index in [1.165, 1.54) is 18.2 Å². The number of hydrogen-bond donors (Lipinski definition) is 1. The Bertz CT molecular complexity index is 353. The number of benzene rings is 1. The van der Waals surface area contributed by atoms with Gasteiger partial charge in [-0.2, -0.15) is 4.21 Å². The van der Waals surface area contributed by atoms with Crippen LogP contribution in [0.15, 0.2) is 24.3 Å². The molecule has 0 aliphatic rings. The molecule has 7 heteroatoms. The monoisotopic (exact) mass is 203 g/mol. The molecule has 0 saturated carbocycles. The van der Waals surface area contributed by atoms with Gasteiger partial charge >= 0.3 is 11.4 Å². The molecule has 1 atom stereocenters. The molecule has 0 radical (unpaired) electrons. The number of rotatable bonds is 3. The number of hydrogen-bond acceptors (Lipinski definition) is 4. The van der Waals surface area contributed by atoms with Crippen LogP contribution in [0.3, 0.4) is 0 Å². The van der Waals surface area contributed by atoms with E-state index in [4.69, 9.17) is 4.55 Å². The van der Waals surface area contributed by atoms with E-state index in [1.54, 1.807) is 0 Å². The third-order valence-electron chi connectivity index (χ3n) is 1.20. The Hall–Kier alpha value is -1.47. The van der Waals surface area contributed by atoms with Gasteiger partial charge < -0.3 is 4.18 Å². The van der Waals surface area contributed by atoms with Gasteiger partial charge in [0.1, 0.15) is 5.75 Å². The molecule has 6 nitrogen and oxygen atoms in total. The molecule has 0 aromatic heterocycles. The second kappa shape index (κ2) is 3.97. The van der Waals surface area contributed by atoms with Crippen LogP contribution in [0.1, 0.15) is 0 Å². The molecule has 1 unspecified atom stereocenters. The summed E-state index contributed by atoms with van der Waals surface area (Å²) in [5.41, 5.74) is -0.192. The lowest BCUT2D eigenvalue weighted by atomic mass is 10.3. The van der Waals surface area contributed by atoms with Crippen molar-refractivity contribution in [3.63, 3.8) is 0 Å². The highest BCUT2D eigenvalue weighted by Crippen LogP contribution is 2.19. The van der Waals surface area contributed by atoms with Crippen LogP contribution in [0.5, 0.6) is 5.75 Å². The van der Waals surface area contributed by atoms with E-state index in [2.05, 4.69) is 4.18 Å². The molecule has 1 rings (SSSR count). The van der Waals surface area contributed by atoms with Crippen molar-refractivity contribution in [2.45, 2.75) is 0 Å². The maximum Gasteiger partial charge on any atom is 0.357 e. The van der Waals surface area contributed by atoms with E-state index in [0.29, 0.717) is 0 Å². The summed E-state index contributed by atoms with van der Waals surface area (Å²) in [7, 11) is 0. The minimum absolute atomic E-state index is 0.0185. The first-order valence-corrected chi connectivity index (χ1v) is 4.16. The molecule has 1 aromatic rings. The highest BCUT2D eigenvalue weighted by Gasteiger charge is 2.07. The van der Waals surface area contributed by atoms with Crippen LogP contribution < -0.4 is 4.18 Å². The minimum atomic E-state index is -2.46. The second-order valence-electron chi connectivity index (χ2n) is 2.05. The minimum Gasteiger partial charge on any atom is -0.380 e. The predicted octanol–water partition coefficient (Wildman–Crippen LogP) is 1.11. The Morgan fingerprint density at radius 3 is 2.77 bits per heavy atom. The SMILES string of the molecule is O=[N+]([O-])c1cccc(OS(=O)O)c1. The molecule has 0 aliphatic carbocycles. The van der Waals surface area contributed by atoms with Crippen LogP contribution in [0, 0.1) is 10.1 Å². The van der Waals surface area contributed by atoms with Crippen LogP contribution in [0.2, 0.25) is 0 Å². The summed E-state index contributed by atoms with van der Waals surface area (Å²) in [5.74, 6) is -0.0185. The van der Waals surface area contributed by atoms with Crippen molar-refractivity contribution in [1.29, 1.82) is 0 Å². The first-order valence-electron chi connectivity index (χ1n) is 3.13. The first-order chi connectivity index (χ1) is 6.09. The van der Waals surface area contributed by atoms with Crippen LogP contribution in [-0.4, -0.2) is 13.7 Å². The first kappa shape index (κ1) is 9.62. The Kier molecular flexibility index (Phi) is 2.93. The molecule has 0 bridgehead atoms. The average molecular weight is 203 g/mol. The van der Waals surface area contributed by atoms with Crippen molar-refractivity contribution in [3.05, 3.63) is 34.4 Å². The van der Waals surface area contributed by atoms with Gasteiger partial charge in [0.25, 0.3) is 5.69 Å². The maximum absolute atomic E-state index is 10.3. The molecule has 1 N–H and O–H groups in total. The van der Waals surface area contributed by atoms with Gasteiger partial charge in [0.2, 0.25) is 0 Å². The van der Waals surface area contributed by atoms with Gasteiger partial charge in [-0.15, -0.1) is 0 Å². The largest absolute Gasteiger partial charge is 0.380 e. The lowest BCUT2D eigenvalue weighted by molar-refractivity contribution is -0.384. The molecule has 0 amide bonds. The number of nitro groups is 1. The van der Waals surface area contributed by atoms with Crippen molar-refractivity contribution in [2.75, 3.05) is 0 Å². The lowest BCUT2D eigenvalue weighted by Gasteiger charge is -1.98. The van der Waals surface area contributed by atoms with Gasteiger partial charge in [-0.05, 0) is 6.07 Å². The van der Waals surface area contributed by atoms with Crippen molar-refractivity contribution in [3.8, 4) is 5.75 Å². The van der Waals surface area contributed by atoms with Crippen LogP contribution in [-0.2, 0) is 11.4 Å². The lowest BCUT2D eigenvalue weighted by Crippen LogP contribution is -1.97. The fraction of sp³-hybridized carbons (Fsp3) is 0. The highest BCUT2D eigenvalue weighted by molar-refractivity contribution is 7.74. The quantitative estimate of drug-likeness (QED) is 0.451. The molecular formula is C6H5NO5S. The average Bonchev–Trinajstić information content (AvgIpc) is 2.03. The highest BCUT2D eigenvalue weighted by atomic mass is 32.2. The second-order valence-corrected chi connectivity index (χ2v) is 2.66. The molecule has 0 fully saturated rings. The Morgan fingerprint density at radius 2 is 2.23 bits per heavy atom. The van der Waals surface area contributed by atoms with Gasteiger partial charge in [0.15, 0.2) is 0 Å². The van der Waals surface area contributed by atoms with E-state index >= 15 is 0 Å². The topological polar surface area (TPSA) is 89.7 Å².